The molecule has 0 amide bonds. The van der Waals surface area contributed by atoms with E-state index in [4.69, 9.17) is 14.2 Å². The lowest BCUT2D eigenvalue weighted by molar-refractivity contribution is -0.254. The fourth-order valence-corrected chi connectivity index (χ4v) is 9.06. The molecule has 0 bridgehead atoms. The first-order valence-electron chi connectivity index (χ1n) is 14.3. The van der Waals surface area contributed by atoms with Gasteiger partial charge < -0.3 is 19.3 Å². The van der Waals surface area contributed by atoms with Crippen molar-refractivity contribution in [1.82, 2.24) is 0 Å². The average Bonchev–Trinajstić information content (AvgIpc) is 3.22. The van der Waals surface area contributed by atoms with Gasteiger partial charge in [-0.25, -0.2) is 0 Å². The lowest BCUT2D eigenvalue weighted by atomic mass is 9.55. The van der Waals surface area contributed by atoms with Crippen molar-refractivity contribution in [3.8, 4) is 0 Å². The maximum Gasteiger partial charge on any atom is 0.164 e. The third-order valence-electron chi connectivity index (χ3n) is 12.1. The Morgan fingerprint density at radius 2 is 1.22 bits per heavy atom. The van der Waals surface area contributed by atoms with Crippen LogP contribution < -0.4 is 0 Å². The highest BCUT2D eigenvalue weighted by molar-refractivity contribution is 5.87. The second kappa shape index (κ2) is 8.09. The van der Waals surface area contributed by atoms with E-state index < -0.39 is 22.9 Å². The smallest absolute Gasteiger partial charge is 0.164 e. The zero-order valence-corrected chi connectivity index (χ0v) is 23.7. The van der Waals surface area contributed by atoms with Crippen molar-refractivity contribution in [2.75, 3.05) is 0 Å². The number of rotatable bonds is 1. The van der Waals surface area contributed by atoms with Gasteiger partial charge in [-0.15, -0.1) is 0 Å². The molecule has 5 rings (SSSR count). The number of carbonyl (C=O) groups excluding carboxylic acids is 2. The predicted molar refractivity (Wildman–Crippen MR) is 137 cm³/mol. The van der Waals surface area contributed by atoms with Crippen LogP contribution in [0.3, 0.4) is 0 Å². The van der Waals surface area contributed by atoms with Crippen LogP contribution in [0.2, 0.25) is 0 Å². The van der Waals surface area contributed by atoms with Crippen molar-refractivity contribution in [3.05, 3.63) is 0 Å². The van der Waals surface area contributed by atoms with Gasteiger partial charge >= 0.3 is 0 Å². The summed E-state index contributed by atoms with van der Waals surface area (Å²) in [5.41, 5.74) is -3.10. The van der Waals surface area contributed by atoms with E-state index in [0.29, 0.717) is 25.7 Å². The molecule has 2 aliphatic carbocycles. The van der Waals surface area contributed by atoms with Crippen LogP contribution in [0.25, 0.3) is 0 Å². The molecule has 0 unspecified atom stereocenters. The van der Waals surface area contributed by atoms with Gasteiger partial charge in [-0.2, -0.15) is 0 Å². The van der Waals surface area contributed by atoms with Crippen LogP contribution in [0.15, 0.2) is 0 Å². The maximum atomic E-state index is 12.9. The van der Waals surface area contributed by atoms with Crippen LogP contribution in [0.1, 0.15) is 113 Å². The molecular formula is C30H48O6. The molecular weight excluding hydrogens is 456 g/mol. The fraction of sp³-hybridized carbons (Fsp3) is 0.933. The Kier molecular flexibility index (Phi) is 6.02. The molecule has 3 aliphatic heterocycles. The highest BCUT2D eigenvalue weighted by Crippen LogP contribution is 2.67. The Morgan fingerprint density at radius 1 is 0.694 bits per heavy atom. The van der Waals surface area contributed by atoms with Crippen molar-refractivity contribution >= 4 is 11.6 Å². The van der Waals surface area contributed by atoms with Gasteiger partial charge in [0.1, 0.15) is 11.2 Å². The summed E-state index contributed by atoms with van der Waals surface area (Å²) in [6.45, 7) is 16.6. The standard InChI is InChI=1S/C30H48O6/c1-18-9-10-22-28(7,15-12-21(33)25(2,3)34-22)30(18)17-19(31)24(36-30)29(8)16-13-23-27(29,6)14-11-20(32)26(4,5)35-23/h18-19,22-24,31H,9-17H2,1-8H3/t18-,19-,22-,23-,24-,27+,28+,29+,30-/m1/s1. The highest BCUT2D eigenvalue weighted by atomic mass is 16.6. The number of Topliss-reactive ketones (excluding diaryl/α,β-unsaturated/α-hetero) is 2. The van der Waals surface area contributed by atoms with E-state index in [-0.39, 0.29) is 52.0 Å². The number of aliphatic hydroxyl groups is 1. The molecule has 5 fully saturated rings. The summed E-state index contributed by atoms with van der Waals surface area (Å²) < 4.78 is 20.3. The minimum absolute atomic E-state index is 0.0388. The third-order valence-corrected chi connectivity index (χ3v) is 12.1. The normalized spacial score (nSPS) is 52.5. The lowest BCUT2D eigenvalue weighted by Crippen LogP contribution is -2.61. The van der Waals surface area contributed by atoms with E-state index in [2.05, 4.69) is 27.7 Å². The fourth-order valence-electron chi connectivity index (χ4n) is 9.06. The summed E-state index contributed by atoms with van der Waals surface area (Å²) in [5.74, 6) is 0.554. The van der Waals surface area contributed by atoms with Crippen molar-refractivity contribution in [2.45, 2.75) is 154 Å². The van der Waals surface area contributed by atoms with Crippen LogP contribution in [0, 0.1) is 22.2 Å². The van der Waals surface area contributed by atoms with Crippen molar-refractivity contribution in [1.29, 1.82) is 0 Å². The van der Waals surface area contributed by atoms with Gasteiger partial charge in [0.05, 0.1) is 30.0 Å². The van der Waals surface area contributed by atoms with Gasteiger partial charge in [0.2, 0.25) is 0 Å². The van der Waals surface area contributed by atoms with Crippen LogP contribution in [-0.4, -0.2) is 57.9 Å². The Hall–Kier alpha value is -0.820. The molecule has 3 heterocycles. The summed E-state index contributed by atoms with van der Waals surface area (Å²) in [6.07, 6.45) is 5.52. The molecule has 204 valence electrons. The van der Waals surface area contributed by atoms with Crippen molar-refractivity contribution < 1.29 is 28.9 Å². The summed E-state index contributed by atoms with van der Waals surface area (Å²) in [5, 5.41) is 11.8. The van der Waals surface area contributed by atoms with Crippen LogP contribution >= 0.6 is 0 Å². The molecule has 1 spiro atoms. The molecule has 5 aliphatic rings. The number of ketones is 2. The summed E-state index contributed by atoms with van der Waals surface area (Å²) in [6, 6.07) is 0. The molecule has 0 aromatic rings. The molecule has 36 heavy (non-hydrogen) atoms. The van der Waals surface area contributed by atoms with E-state index in [1.54, 1.807) is 0 Å². The topological polar surface area (TPSA) is 82.1 Å². The van der Waals surface area contributed by atoms with E-state index in [1.807, 2.05) is 27.7 Å². The minimum Gasteiger partial charge on any atom is -0.390 e. The van der Waals surface area contributed by atoms with Crippen molar-refractivity contribution in [2.24, 2.45) is 22.2 Å². The predicted octanol–water partition coefficient (Wildman–Crippen LogP) is 5.17. The first-order chi connectivity index (χ1) is 16.5. The van der Waals surface area contributed by atoms with E-state index >= 15 is 0 Å². The molecule has 3 saturated heterocycles. The van der Waals surface area contributed by atoms with E-state index in [1.165, 1.54) is 0 Å². The first-order valence-corrected chi connectivity index (χ1v) is 14.3. The minimum atomic E-state index is -0.796. The zero-order valence-electron chi connectivity index (χ0n) is 23.7. The molecule has 0 aromatic heterocycles. The molecule has 1 N–H and O–H groups in total. The third kappa shape index (κ3) is 3.42. The number of carbonyl (C=O) groups is 2. The number of fused-ring (bicyclic) bond motifs is 3. The Balaban J connectivity index is 1.51. The zero-order chi connectivity index (χ0) is 26.5. The Labute approximate surface area is 217 Å². The molecule has 6 heteroatoms. The number of hydrogen-bond donors (Lipinski definition) is 1. The number of aliphatic hydroxyl groups excluding tert-OH is 1. The molecule has 0 aromatic carbocycles. The average molecular weight is 505 g/mol. The summed E-state index contributed by atoms with van der Waals surface area (Å²) in [4.78, 5) is 25.8. The van der Waals surface area contributed by atoms with Crippen molar-refractivity contribution in [3.63, 3.8) is 0 Å². The Morgan fingerprint density at radius 3 is 1.81 bits per heavy atom. The monoisotopic (exact) mass is 504 g/mol. The van der Waals surface area contributed by atoms with Gasteiger partial charge in [-0.05, 0) is 72.1 Å². The maximum absolute atomic E-state index is 12.9. The van der Waals surface area contributed by atoms with E-state index in [9.17, 15) is 14.7 Å². The van der Waals surface area contributed by atoms with Gasteiger partial charge in [0.25, 0.3) is 0 Å². The summed E-state index contributed by atoms with van der Waals surface area (Å²) in [7, 11) is 0. The van der Waals surface area contributed by atoms with Gasteiger partial charge in [-0.1, -0.05) is 27.7 Å². The molecule has 9 atom stereocenters. The second-order valence-electron chi connectivity index (χ2n) is 14.5. The molecule has 2 saturated carbocycles. The van der Waals surface area contributed by atoms with Gasteiger partial charge in [-0.3, -0.25) is 9.59 Å². The van der Waals surface area contributed by atoms with Gasteiger partial charge in [0, 0.05) is 35.5 Å². The van der Waals surface area contributed by atoms with Gasteiger partial charge in [0.15, 0.2) is 11.6 Å². The first kappa shape index (κ1) is 26.8. The van der Waals surface area contributed by atoms with Crippen LogP contribution in [-0.2, 0) is 23.8 Å². The second-order valence-corrected chi connectivity index (χ2v) is 14.5. The number of ether oxygens (including phenoxy) is 3. The Bertz CT molecular complexity index is 942. The van der Waals surface area contributed by atoms with Crippen LogP contribution in [0.5, 0.6) is 0 Å². The molecule has 0 radical (unpaired) electrons. The lowest BCUT2D eigenvalue weighted by Gasteiger charge is -2.57. The largest absolute Gasteiger partial charge is 0.390 e. The highest BCUT2D eigenvalue weighted by Gasteiger charge is 2.70. The van der Waals surface area contributed by atoms with E-state index in [0.717, 1.165) is 32.1 Å². The summed E-state index contributed by atoms with van der Waals surface area (Å²) >= 11 is 0. The SMILES string of the molecule is C[C@@H]1CC[C@H]2OC(C)(C)C(=O)CC[C@]2(C)[C@@]12C[C@@H](O)[C@H]([C@]1(C)CC[C@H]3OC(C)(C)C(=O)CC[C@@]31C)O2. The quantitative estimate of drug-likeness (QED) is 0.530. The number of hydrogen-bond acceptors (Lipinski definition) is 6. The van der Waals surface area contributed by atoms with Crippen LogP contribution in [0.4, 0.5) is 0 Å². The molecule has 6 nitrogen and oxygen atoms in total.